The third kappa shape index (κ3) is 2.18. The van der Waals surface area contributed by atoms with E-state index >= 15 is 0 Å². The van der Waals surface area contributed by atoms with Crippen LogP contribution in [0.4, 0.5) is 0 Å². The van der Waals surface area contributed by atoms with Crippen LogP contribution in [0.15, 0.2) is 11.6 Å². The zero-order valence-corrected chi connectivity index (χ0v) is 7.34. The van der Waals surface area contributed by atoms with Crippen molar-refractivity contribution >= 4 is 6.29 Å². The van der Waals surface area contributed by atoms with Crippen LogP contribution in [0.2, 0.25) is 0 Å². The van der Waals surface area contributed by atoms with E-state index in [4.69, 9.17) is 0 Å². The number of hydrogen-bond acceptors (Lipinski definition) is 1. The van der Waals surface area contributed by atoms with Crippen molar-refractivity contribution in [2.45, 2.75) is 33.1 Å². The standard InChI is InChI=1S/C10H16O/c1-8(2)10-4-3-9(7-10)5-6-11/h6-9H,3-5H2,1-2H3. The zero-order chi connectivity index (χ0) is 8.27. The molecular formula is C10H16O. The van der Waals surface area contributed by atoms with Gasteiger partial charge in [0.25, 0.3) is 0 Å². The third-order valence-corrected chi connectivity index (χ3v) is 2.39. The van der Waals surface area contributed by atoms with Gasteiger partial charge in [-0.3, -0.25) is 0 Å². The van der Waals surface area contributed by atoms with Crippen LogP contribution in [0, 0.1) is 11.8 Å². The van der Waals surface area contributed by atoms with Crippen molar-refractivity contribution in [3.05, 3.63) is 11.6 Å². The maximum atomic E-state index is 10.2. The fourth-order valence-electron chi connectivity index (χ4n) is 1.61. The minimum absolute atomic E-state index is 0.546. The van der Waals surface area contributed by atoms with Crippen molar-refractivity contribution in [1.29, 1.82) is 0 Å². The van der Waals surface area contributed by atoms with Crippen molar-refractivity contribution in [3.63, 3.8) is 0 Å². The molecule has 0 saturated heterocycles. The zero-order valence-electron chi connectivity index (χ0n) is 7.34. The van der Waals surface area contributed by atoms with Gasteiger partial charge in [-0.15, -0.1) is 0 Å². The Kier molecular flexibility index (Phi) is 2.86. The summed E-state index contributed by atoms with van der Waals surface area (Å²) in [5, 5.41) is 0. The fourth-order valence-corrected chi connectivity index (χ4v) is 1.61. The summed E-state index contributed by atoms with van der Waals surface area (Å²) in [6.45, 7) is 4.43. The summed E-state index contributed by atoms with van der Waals surface area (Å²) >= 11 is 0. The van der Waals surface area contributed by atoms with Crippen LogP contribution >= 0.6 is 0 Å². The molecule has 0 radical (unpaired) electrons. The first-order valence-corrected chi connectivity index (χ1v) is 4.38. The molecule has 1 heteroatoms. The highest BCUT2D eigenvalue weighted by Crippen LogP contribution is 2.30. The molecule has 0 spiro atoms. The average molecular weight is 152 g/mol. The molecule has 0 saturated carbocycles. The van der Waals surface area contributed by atoms with Crippen molar-refractivity contribution in [3.8, 4) is 0 Å². The second kappa shape index (κ2) is 3.70. The van der Waals surface area contributed by atoms with E-state index in [2.05, 4.69) is 19.9 Å². The van der Waals surface area contributed by atoms with Crippen LogP contribution in [0.5, 0.6) is 0 Å². The minimum Gasteiger partial charge on any atom is -0.303 e. The molecule has 62 valence electrons. The molecule has 0 bridgehead atoms. The first kappa shape index (κ1) is 8.51. The molecule has 1 rings (SSSR count). The highest BCUT2D eigenvalue weighted by Gasteiger charge is 2.16. The molecule has 1 aliphatic rings. The van der Waals surface area contributed by atoms with Crippen molar-refractivity contribution in [1.82, 2.24) is 0 Å². The average Bonchev–Trinajstić information content (AvgIpc) is 2.37. The van der Waals surface area contributed by atoms with Crippen LogP contribution in [0.3, 0.4) is 0 Å². The molecule has 1 atom stereocenters. The van der Waals surface area contributed by atoms with Gasteiger partial charge in [-0.05, 0) is 24.7 Å². The molecule has 0 aromatic rings. The number of hydrogen-bond donors (Lipinski definition) is 0. The molecule has 11 heavy (non-hydrogen) atoms. The SMILES string of the molecule is CC(C)C1=CC(CC=O)CC1. The lowest BCUT2D eigenvalue weighted by molar-refractivity contribution is -0.108. The first-order chi connectivity index (χ1) is 5.24. The van der Waals surface area contributed by atoms with E-state index in [1.165, 1.54) is 18.4 Å². The Labute approximate surface area is 68.5 Å². The second-order valence-electron chi connectivity index (χ2n) is 3.60. The summed E-state index contributed by atoms with van der Waals surface area (Å²) in [5.74, 6) is 1.22. The number of rotatable bonds is 3. The van der Waals surface area contributed by atoms with E-state index < -0.39 is 0 Å². The van der Waals surface area contributed by atoms with E-state index in [1.807, 2.05) is 0 Å². The fraction of sp³-hybridized carbons (Fsp3) is 0.700. The van der Waals surface area contributed by atoms with Crippen LogP contribution < -0.4 is 0 Å². The van der Waals surface area contributed by atoms with Crippen molar-refractivity contribution in [2.24, 2.45) is 11.8 Å². The third-order valence-electron chi connectivity index (χ3n) is 2.39. The molecule has 0 fully saturated rings. The van der Waals surface area contributed by atoms with Crippen molar-refractivity contribution < 1.29 is 4.79 Å². The maximum absolute atomic E-state index is 10.2. The second-order valence-corrected chi connectivity index (χ2v) is 3.60. The number of allylic oxidation sites excluding steroid dienone is 2. The van der Waals surface area contributed by atoms with Gasteiger partial charge in [-0.25, -0.2) is 0 Å². The van der Waals surface area contributed by atoms with E-state index in [0.29, 0.717) is 11.8 Å². The Morgan fingerprint density at radius 1 is 1.73 bits per heavy atom. The van der Waals surface area contributed by atoms with Gasteiger partial charge in [0.15, 0.2) is 0 Å². The van der Waals surface area contributed by atoms with Gasteiger partial charge in [0.2, 0.25) is 0 Å². The number of carbonyl (C=O) groups is 1. The van der Waals surface area contributed by atoms with Gasteiger partial charge in [-0.2, -0.15) is 0 Å². The summed E-state index contributed by atoms with van der Waals surface area (Å²) in [6.07, 6.45) is 6.43. The molecule has 1 aliphatic carbocycles. The van der Waals surface area contributed by atoms with E-state index in [0.717, 1.165) is 12.7 Å². The Bertz CT molecular complexity index is 168. The lowest BCUT2D eigenvalue weighted by Gasteiger charge is -2.02. The molecule has 0 heterocycles. The predicted octanol–water partition coefficient (Wildman–Crippen LogP) is 2.57. The molecule has 0 amide bonds. The maximum Gasteiger partial charge on any atom is 0.120 e. The Morgan fingerprint density at radius 2 is 2.45 bits per heavy atom. The van der Waals surface area contributed by atoms with Gasteiger partial charge < -0.3 is 4.79 Å². The lowest BCUT2D eigenvalue weighted by Crippen LogP contribution is -1.90. The summed E-state index contributed by atoms with van der Waals surface area (Å²) in [4.78, 5) is 10.2. The van der Waals surface area contributed by atoms with Crippen molar-refractivity contribution in [2.75, 3.05) is 0 Å². The van der Waals surface area contributed by atoms with Gasteiger partial charge >= 0.3 is 0 Å². The first-order valence-electron chi connectivity index (χ1n) is 4.38. The molecule has 1 nitrogen and oxygen atoms in total. The summed E-state index contributed by atoms with van der Waals surface area (Å²) in [6, 6.07) is 0. The molecular weight excluding hydrogens is 136 g/mol. The Morgan fingerprint density at radius 3 is 2.91 bits per heavy atom. The van der Waals surface area contributed by atoms with Gasteiger partial charge in [0.05, 0.1) is 0 Å². The summed E-state index contributed by atoms with van der Waals surface area (Å²) < 4.78 is 0. The quantitative estimate of drug-likeness (QED) is 0.448. The van der Waals surface area contributed by atoms with Gasteiger partial charge in [0, 0.05) is 6.42 Å². The molecule has 0 N–H and O–H groups in total. The number of carbonyl (C=O) groups excluding carboxylic acids is 1. The summed E-state index contributed by atoms with van der Waals surface area (Å²) in [5.41, 5.74) is 1.54. The smallest absolute Gasteiger partial charge is 0.120 e. The molecule has 1 unspecified atom stereocenters. The van der Waals surface area contributed by atoms with E-state index in [9.17, 15) is 4.79 Å². The number of aldehydes is 1. The van der Waals surface area contributed by atoms with E-state index in [1.54, 1.807) is 0 Å². The monoisotopic (exact) mass is 152 g/mol. The van der Waals surface area contributed by atoms with Crippen LogP contribution in [0.25, 0.3) is 0 Å². The van der Waals surface area contributed by atoms with Gasteiger partial charge in [0.1, 0.15) is 6.29 Å². The van der Waals surface area contributed by atoms with Crippen LogP contribution in [0.1, 0.15) is 33.1 Å². The Hall–Kier alpha value is -0.590. The molecule has 0 aliphatic heterocycles. The molecule has 0 aromatic carbocycles. The normalized spacial score (nSPS) is 23.9. The van der Waals surface area contributed by atoms with Crippen LogP contribution in [-0.4, -0.2) is 6.29 Å². The predicted molar refractivity (Wildman–Crippen MR) is 46.3 cm³/mol. The highest BCUT2D eigenvalue weighted by molar-refractivity contribution is 5.50. The lowest BCUT2D eigenvalue weighted by atomic mass is 10.0. The van der Waals surface area contributed by atoms with E-state index in [-0.39, 0.29) is 0 Å². The largest absolute Gasteiger partial charge is 0.303 e. The highest BCUT2D eigenvalue weighted by atomic mass is 16.1. The topological polar surface area (TPSA) is 17.1 Å². The van der Waals surface area contributed by atoms with Gasteiger partial charge in [-0.1, -0.05) is 25.5 Å². The summed E-state index contributed by atoms with van der Waals surface area (Å²) in [7, 11) is 0. The Balaban J connectivity index is 2.46. The van der Waals surface area contributed by atoms with Crippen LogP contribution in [-0.2, 0) is 4.79 Å². The minimum atomic E-state index is 0.546. The molecule has 0 aromatic heterocycles.